The molecule has 2 saturated heterocycles. The van der Waals surface area contributed by atoms with Gasteiger partial charge in [0.05, 0.1) is 0 Å². The molecule has 0 saturated carbocycles. The second-order valence-electron chi connectivity index (χ2n) is 5.22. The lowest BCUT2D eigenvalue weighted by atomic mass is 9.96. The van der Waals surface area contributed by atoms with Crippen molar-refractivity contribution in [3.8, 4) is 0 Å². The fourth-order valence-corrected chi connectivity index (χ4v) is 3.91. The molecule has 0 aliphatic carbocycles. The molecule has 0 aromatic heterocycles. The summed E-state index contributed by atoms with van der Waals surface area (Å²) in [7, 11) is 0. The molecule has 2 heterocycles. The first-order chi connectivity index (χ1) is 6.59. The van der Waals surface area contributed by atoms with Crippen LogP contribution >= 0.6 is 11.8 Å². The molecule has 14 heavy (non-hydrogen) atoms. The molecule has 0 aromatic carbocycles. The molecule has 0 aromatic rings. The minimum Gasteiger partial charge on any atom is -0.314 e. The van der Waals surface area contributed by atoms with Gasteiger partial charge in [0.2, 0.25) is 0 Å². The molecule has 0 bridgehead atoms. The fourth-order valence-electron chi connectivity index (χ4n) is 2.69. The van der Waals surface area contributed by atoms with Gasteiger partial charge in [0.25, 0.3) is 0 Å². The minimum absolute atomic E-state index is 0.355. The molecule has 3 heteroatoms. The van der Waals surface area contributed by atoms with Crippen molar-refractivity contribution in [2.45, 2.75) is 44.0 Å². The van der Waals surface area contributed by atoms with E-state index in [1.54, 1.807) is 0 Å². The van der Waals surface area contributed by atoms with E-state index in [0.717, 1.165) is 17.8 Å². The number of hydrogen-bond donors (Lipinski definition) is 1. The number of thioether (sulfide) groups is 1. The lowest BCUT2D eigenvalue weighted by Crippen LogP contribution is -2.61. The molecule has 0 amide bonds. The van der Waals surface area contributed by atoms with E-state index in [1.165, 1.54) is 25.3 Å². The third-order valence-electron chi connectivity index (χ3n) is 3.48. The lowest BCUT2D eigenvalue weighted by molar-refractivity contribution is 0.0536. The highest BCUT2D eigenvalue weighted by Crippen LogP contribution is 2.33. The van der Waals surface area contributed by atoms with Crippen LogP contribution in [0.25, 0.3) is 0 Å². The topological polar surface area (TPSA) is 15.3 Å². The molecule has 2 aliphatic rings. The third-order valence-corrected chi connectivity index (χ3v) is 4.82. The van der Waals surface area contributed by atoms with Crippen molar-refractivity contribution in [3.05, 3.63) is 0 Å². The van der Waals surface area contributed by atoms with Gasteiger partial charge < -0.3 is 5.32 Å². The van der Waals surface area contributed by atoms with Gasteiger partial charge in [-0.05, 0) is 20.3 Å². The summed E-state index contributed by atoms with van der Waals surface area (Å²) < 4.78 is 0. The summed E-state index contributed by atoms with van der Waals surface area (Å²) in [5.74, 6) is 1.34. The van der Waals surface area contributed by atoms with Crippen LogP contribution in [-0.4, -0.2) is 47.1 Å². The monoisotopic (exact) mass is 214 g/mol. The Morgan fingerprint density at radius 2 is 2.21 bits per heavy atom. The van der Waals surface area contributed by atoms with Crippen LogP contribution in [0, 0.1) is 0 Å². The molecule has 2 unspecified atom stereocenters. The Morgan fingerprint density at radius 1 is 1.43 bits per heavy atom. The third kappa shape index (κ3) is 2.10. The summed E-state index contributed by atoms with van der Waals surface area (Å²) in [4.78, 5) is 2.72. The summed E-state index contributed by atoms with van der Waals surface area (Å²) >= 11 is 2.14. The molecular weight excluding hydrogens is 192 g/mol. The summed E-state index contributed by atoms with van der Waals surface area (Å²) in [6.45, 7) is 10.6. The lowest BCUT2D eigenvalue weighted by Gasteiger charge is -2.46. The second kappa shape index (κ2) is 4.03. The van der Waals surface area contributed by atoms with E-state index in [2.05, 4.69) is 42.7 Å². The predicted molar refractivity (Wildman–Crippen MR) is 64.0 cm³/mol. The van der Waals surface area contributed by atoms with Crippen molar-refractivity contribution in [3.63, 3.8) is 0 Å². The maximum absolute atomic E-state index is 3.49. The molecule has 0 radical (unpaired) electrons. The Balaban J connectivity index is 2.01. The Labute approximate surface area is 91.8 Å². The van der Waals surface area contributed by atoms with Crippen molar-refractivity contribution in [1.82, 2.24) is 10.2 Å². The average Bonchev–Trinajstić information content (AvgIpc) is 2.51. The smallest absolute Gasteiger partial charge is 0.0281 e. The van der Waals surface area contributed by atoms with Crippen LogP contribution in [-0.2, 0) is 0 Å². The molecule has 82 valence electrons. The van der Waals surface area contributed by atoms with Gasteiger partial charge >= 0.3 is 0 Å². The summed E-state index contributed by atoms with van der Waals surface area (Å²) in [6, 6.07) is 0.826. The Kier molecular flexibility index (Phi) is 3.10. The number of rotatable bonds is 1. The van der Waals surface area contributed by atoms with Crippen LogP contribution in [0.2, 0.25) is 0 Å². The van der Waals surface area contributed by atoms with E-state index in [4.69, 9.17) is 0 Å². The van der Waals surface area contributed by atoms with E-state index < -0.39 is 0 Å². The average molecular weight is 214 g/mol. The fraction of sp³-hybridized carbons (Fsp3) is 1.00. The highest BCUT2D eigenvalue weighted by Gasteiger charge is 2.37. The quantitative estimate of drug-likeness (QED) is 0.713. The zero-order valence-electron chi connectivity index (χ0n) is 9.55. The van der Waals surface area contributed by atoms with Crippen LogP contribution in [0.3, 0.4) is 0 Å². The Bertz CT molecular complexity index is 205. The van der Waals surface area contributed by atoms with E-state index in [0.29, 0.717) is 5.54 Å². The Hall–Kier alpha value is 0.270. The van der Waals surface area contributed by atoms with Gasteiger partial charge in [-0.25, -0.2) is 0 Å². The van der Waals surface area contributed by atoms with Gasteiger partial charge in [0.1, 0.15) is 0 Å². The minimum atomic E-state index is 0.355. The molecule has 2 rings (SSSR count). The van der Waals surface area contributed by atoms with Crippen molar-refractivity contribution in [2.75, 3.05) is 25.4 Å². The highest BCUT2D eigenvalue weighted by molar-refractivity contribution is 8.00. The zero-order valence-corrected chi connectivity index (χ0v) is 10.4. The molecule has 0 spiro atoms. The van der Waals surface area contributed by atoms with E-state index in [9.17, 15) is 0 Å². The van der Waals surface area contributed by atoms with Gasteiger partial charge in [-0.15, -0.1) is 0 Å². The molecule has 1 N–H and O–H groups in total. The molecule has 2 fully saturated rings. The van der Waals surface area contributed by atoms with Gasteiger partial charge in [-0.3, -0.25) is 4.90 Å². The van der Waals surface area contributed by atoms with Crippen molar-refractivity contribution in [1.29, 1.82) is 0 Å². The standard InChI is InChI=1S/C11H22N2S/c1-9-6-10(7-14-9)13-5-4-12-8-11(13,2)3/h9-10,12H,4-8H2,1-3H3. The SMILES string of the molecule is CC1CC(N2CCNCC2(C)C)CS1. The predicted octanol–water partition coefficient (Wildman–Crippen LogP) is 1.56. The normalized spacial score (nSPS) is 38.8. The highest BCUT2D eigenvalue weighted by atomic mass is 32.2. The second-order valence-corrected chi connectivity index (χ2v) is 6.69. The number of piperazine rings is 1. The molecule has 2 aliphatic heterocycles. The van der Waals surface area contributed by atoms with Crippen LogP contribution < -0.4 is 5.32 Å². The van der Waals surface area contributed by atoms with Crippen molar-refractivity contribution < 1.29 is 0 Å². The van der Waals surface area contributed by atoms with Crippen LogP contribution in [0.15, 0.2) is 0 Å². The van der Waals surface area contributed by atoms with Crippen LogP contribution in [0.4, 0.5) is 0 Å². The molecule has 2 atom stereocenters. The van der Waals surface area contributed by atoms with Crippen LogP contribution in [0.1, 0.15) is 27.2 Å². The number of nitrogens with one attached hydrogen (secondary N) is 1. The van der Waals surface area contributed by atoms with E-state index >= 15 is 0 Å². The van der Waals surface area contributed by atoms with Crippen molar-refractivity contribution >= 4 is 11.8 Å². The molecule has 2 nitrogen and oxygen atoms in total. The first-order valence-corrected chi connectivity index (χ1v) is 6.73. The largest absolute Gasteiger partial charge is 0.314 e. The number of hydrogen-bond acceptors (Lipinski definition) is 3. The van der Waals surface area contributed by atoms with E-state index in [1.807, 2.05) is 0 Å². The van der Waals surface area contributed by atoms with Gasteiger partial charge in [0.15, 0.2) is 0 Å². The zero-order chi connectivity index (χ0) is 10.2. The maximum atomic E-state index is 3.49. The summed E-state index contributed by atoms with van der Waals surface area (Å²) in [5, 5.41) is 4.36. The Morgan fingerprint density at radius 3 is 2.79 bits per heavy atom. The molecular formula is C11H22N2S. The number of nitrogens with zero attached hydrogens (tertiary/aromatic N) is 1. The van der Waals surface area contributed by atoms with Crippen LogP contribution in [0.5, 0.6) is 0 Å². The maximum Gasteiger partial charge on any atom is 0.0281 e. The van der Waals surface area contributed by atoms with Crippen molar-refractivity contribution in [2.24, 2.45) is 0 Å². The summed E-state index contributed by atoms with van der Waals surface area (Å²) in [5.41, 5.74) is 0.355. The van der Waals surface area contributed by atoms with Gasteiger partial charge in [-0.2, -0.15) is 11.8 Å². The van der Waals surface area contributed by atoms with Gasteiger partial charge in [0, 0.05) is 42.2 Å². The van der Waals surface area contributed by atoms with E-state index in [-0.39, 0.29) is 0 Å². The first-order valence-electron chi connectivity index (χ1n) is 5.69. The van der Waals surface area contributed by atoms with Gasteiger partial charge in [-0.1, -0.05) is 6.92 Å². The first kappa shape index (κ1) is 10.8. The summed E-state index contributed by atoms with van der Waals surface area (Å²) in [6.07, 6.45) is 1.38.